The molecule has 0 spiro atoms. The number of aromatic nitrogens is 7. The van der Waals surface area contributed by atoms with E-state index in [0.717, 1.165) is 0 Å². The number of primary sulfonamides is 1. The molecule has 5 rings (SSSR count). The van der Waals surface area contributed by atoms with Gasteiger partial charge < -0.3 is 15.3 Å². The first-order valence-corrected chi connectivity index (χ1v) is 12.2. The van der Waals surface area contributed by atoms with Crippen molar-refractivity contribution >= 4 is 30.9 Å². The first kappa shape index (κ1) is 20.4. The Morgan fingerprint density at radius 3 is 2.44 bits per heavy atom. The first-order chi connectivity index (χ1) is 15.2. The van der Waals surface area contributed by atoms with E-state index in [2.05, 4.69) is 40.9 Å². The largest absolute Gasteiger partial charge is 0.323 e. The van der Waals surface area contributed by atoms with Crippen LogP contribution in [0.4, 0.5) is 0 Å². The lowest BCUT2D eigenvalue weighted by Gasteiger charge is -2.28. The number of sulfone groups is 1. The number of hydrogen-bond donors (Lipinski definition) is 5. The molecule has 4 heterocycles. The number of nitrogens with two attached hydrogens (primary N) is 1. The summed E-state index contributed by atoms with van der Waals surface area (Å²) in [5, 5.41) is 21.0. The lowest BCUT2D eigenvalue weighted by molar-refractivity contribution is 0.493. The molecule has 166 valence electrons. The fraction of sp³-hybridized carbons (Fsp3) is 0.188. The highest BCUT2D eigenvalue weighted by Gasteiger charge is 2.38. The number of imidazole rings is 1. The maximum atomic E-state index is 13.2. The third kappa shape index (κ3) is 3.11. The van der Waals surface area contributed by atoms with E-state index in [0.29, 0.717) is 16.6 Å². The zero-order valence-corrected chi connectivity index (χ0v) is 17.7. The van der Waals surface area contributed by atoms with E-state index in [1.807, 2.05) is 0 Å². The lowest BCUT2D eigenvalue weighted by atomic mass is 9.99. The minimum absolute atomic E-state index is 0.175. The zero-order valence-electron chi connectivity index (χ0n) is 16.0. The lowest BCUT2D eigenvalue weighted by Crippen LogP contribution is -2.51. The highest BCUT2D eigenvalue weighted by molar-refractivity contribution is 7.94. The number of rotatable bonds is 5. The summed E-state index contributed by atoms with van der Waals surface area (Å²) in [6.07, 6.45) is 2.80. The number of benzene rings is 1. The summed E-state index contributed by atoms with van der Waals surface area (Å²) in [5.74, 6) is -0.192. The van der Waals surface area contributed by atoms with Crippen LogP contribution in [-0.2, 0) is 19.9 Å². The molecule has 1 aromatic carbocycles. The number of nitrogens with one attached hydrogen (secondary N) is 4. The van der Waals surface area contributed by atoms with Crippen LogP contribution in [0, 0.1) is 0 Å². The van der Waals surface area contributed by atoms with E-state index in [-0.39, 0.29) is 30.0 Å². The molecule has 16 heteroatoms. The van der Waals surface area contributed by atoms with Gasteiger partial charge in [0.2, 0.25) is 15.8 Å². The molecular weight excluding hydrogens is 462 g/mol. The molecule has 0 saturated carbocycles. The second-order valence-electron chi connectivity index (χ2n) is 7.11. The van der Waals surface area contributed by atoms with Crippen molar-refractivity contribution in [1.29, 1.82) is 0 Å². The maximum Gasteiger partial charge on any atom is 0.323 e. The van der Waals surface area contributed by atoms with Crippen LogP contribution in [0.25, 0.3) is 33.5 Å². The van der Waals surface area contributed by atoms with E-state index >= 15 is 0 Å². The van der Waals surface area contributed by atoms with Crippen LogP contribution >= 0.6 is 0 Å². The summed E-state index contributed by atoms with van der Waals surface area (Å²) in [7, 11) is -8.65. The van der Waals surface area contributed by atoms with Crippen LogP contribution in [0.5, 0.6) is 0 Å². The highest BCUT2D eigenvalue weighted by Crippen LogP contribution is 2.41. The molecular formula is C16H15N9O5S2. The Morgan fingerprint density at radius 2 is 1.81 bits per heavy atom. The smallest absolute Gasteiger partial charge is 0.314 e. The molecule has 0 bridgehead atoms. The van der Waals surface area contributed by atoms with Gasteiger partial charge in [-0.2, -0.15) is 5.21 Å². The third-order valence-electron chi connectivity index (χ3n) is 5.19. The summed E-state index contributed by atoms with van der Waals surface area (Å²) < 4.78 is 51.8. The predicted octanol–water partition coefficient (Wildman–Crippen LogP) is -1.51. The summed E-state index contributed by atoms with van der Waals surface area (Å²) in [6.45, 7) is 0.360. The molecule has 14 nitrogen and oxygen atoms in total. The summed E-state index contributed by atoms with van der Waals surface area (Å²) in [5.41, 5.74) is 0.508. The zero-order chi connectivity index (χ0) is 22.7. The minimum atomic E-state index is -4.59. The SMILES string of the molecule is NS(=O)(=O)c1c(S(=O)(=O)C2CNC2)ccc(-c2cncc3[nH]c(=O)[nH]c23)c1-c1nn[nH]n1. The van der Waals surface area contributed by atoms with Crippen molar-refractivity contribution < 1.29 is 16.8 Å². The van der Waals surface area contributed by atoms with Gasteiger partial charge in [-0.3, -0.25) is 4.98 Å². The Bertz CT molecular complexity index is 1620. The van der Waals surface area contributed by atoms with Gasteiger partial charge in [-0.15, -0.1) is 10.2 Å². The summed E-state index contributed by atoms with van der Waals surface area (Å²) in [4.78, 5) is 20.0. The number of pyridine rings is 1. The van der Waals surface area contributed by atoms with Gasteiger partial charge in [0.15, 0.2) is 9.84 Å². The van der Waals surface area contributed by atoms with Crippen molar-refractivity contribution in [3.63, 3.8) is 0 Å². The van der Waals surface area contributed by atoms with Gasteiger partial charge in [-0.05, 0) is 16.8 Å². The third-order valence-corrected chi connectivity index (χ3v) is 8.47. The molecule has 0 unspecified atom stereocenters. The van der Waals surface area contributed by atoms with E-state index in [4.69, 9.17) is 5.14 Å². The van der Waals surface area contributed by atoms with Crippen LogP contribution < -0.4 is 16.1 Å². The van der Waals surface area contributed by atoms with Crippen LogP contribution in [0.15, 0.2) is 39.1 Å². The van der Waals surface area contributed by atoms with Gasteiger partial charge in [0.1, 0.15) is 4.90 Å². The molecule has 1 saturated heterocycles. The number of tetrazole rings is 1. The summed E-state index contributed by atoms with van der Waals surface area (Å²) in [6, 6.07) is 2.58. The van der Waals surface area contributed by atoms with Gasteiger partial charge in [0.25, 0.3) is 0 Å². The van der Waals surface area contributed by atoms with Crippen LogP contribution in [0.1, 0.15) is 0 Å². The monoisotopic (exact) mass is 477 g/mol. The van der Waals surface area contributed by atoms with Crippen molar-refractivity contribution in [1.82, 2.24) is 40.9 Å². The normalized spacial score (nSPS) is 15.2. The fourth-order valence-corrected chi connectivity index (χ4v) is 6.79. The number of aromatic amines is 3. The molecule has 4 aromatic rings. The van der Waals surface area contributed by atoms with E-state index in [1.54, 1.807) is 0 Å². The second kappa shape index (κ2) is 7.02. The molecule has 0 aliphatic carbocycles. The van der Waals surface area contributed by atoms with E-state index in [1.165, 1.54) is 24.5 Å². The van der Waals surface area contributed by atoms with Crippen LogP contribution in [0.2, 0.25) is 0 Å². The topological polar surface area (TPSA) is 222 Å². The van der Waals surface area contributed by atoms with Gasteiger partial charge in [-0.25, -0.2) is 26.8 Å². The molecule has 3 aromatic heterocycles. The van der Waals surface area contributed by atoms with Crippen molar-refractivity contribution in [3.05, 3.63) is 35.0 Å². The average molecular weight is 477 g/mol. The van der Waals surface area contributed by atoms with Gasteiger partial charge in [0.05, 0.1) is 32.9 Å². The molecule has 1 fully saturated rings. The van der Waals surface area contributed by atoms with Gasteiger partial charge >= 0.3 is 5.69 Å². The molecule has 1 aliphatic rings. The quantitative estimate of drug-likeness (QED) is 0.223. The Morgan fingerprint density at radius 1 is 1.03 bits per heavy atom. The maximum absolute atomic E-state index is 13.2. The van der Waals surface area contributed by atoms with Crippen molar-refractivity contribution in [3.8, 4) is 22.5 Å². The van der Waals surface area contributed by atoms with Crippen LogP contribution in [0.3, 0.4) is 0 Å². The first-order valence-electron chi connectivity index (χ1n) is 9.12. The van der Waals surface area contributed by atoms with Crippen molar-refractivity contribution in [2.24, 2.45) is 5.14 Å². The number of fused-ring (bicyclic) bond motifs is 1. The van der Waals surface area contributed by atoms with E-state index < -0.39 is 40.6 Å². The molecule has 1 aliphatic heterocycles. The van der Waals surface area contributed by atoms with Crippen molar-refractivity contribution in [2.75, 3.05) is 13.1 Å². The Hall–Kier alpha value is -3.47. The standard InChI is InChI=1S/C16H15N9O5S2/c17-32(29,30)14-11(31(27,28)7-3-18-4-7)2-1-8(12(14)15-22-24-25-23-15)9-5-19-6-10-13(9)21-16(26)20-10/h1-2,5-7,18H,3-4H2,(H2,17,29,30)(H2,20,21,26)(H,22,23,24,25). The predicted molar refractivity (Wildman–Crippen MR) is 111 cm³/mol. The Balaban J connectivity index is 1.92. The molecule has 0 atom stereocenters. The molecule has 0 amide bonds. The molecule has 6 N–H and O–H groups in total. The van der Waals surface area contributed by atoms with Gasteiger partial charge in [0, 0.05) is 24.8 Å². The fourth-order valence-electron chi connectivity index (χ4n) is 3.61. The number of sulfonamides is 1. The minimum Gasteiger partial charge on any atom is -0.314 e. The molecule has 32 heavy (non-hydrogen) atoms. The van der Waals surface area contributed by atoms with Crippen molar-refractivity contribution in [2.45, 2.75) is 15.0 Å². The molecule has 0 radical (unpaired) electrons. The highest BCUT2D eigenvalue weighted by atomic mass is 32.2. The number of H-pyrrole nitrogens is 3. The Kier molecular flexibility index (Phi) is 4.48. The van der Waals surface area contributed by atoms with Gasteiger partial charge in [-0.1, -0.05) is 6.07 Å². The Labute approximate surface area is 179 Å². The number of hydrogen-bond acceptors (Lipinski definition) is 10. The van der Waals surface area contributed by atoms with Crippen LogP contribution in [-0.4, -0.2) is 70.8 Å². The average Bonchev–Trinajstić information content (AvgIpc) is 3.32. The second-order valence-corrected chi connectivity index (χ2v) is 10.8. The van der Waals surface area contributed by atoms with E-state index in [9.17, 15) is 21.6 Å². The summed E-state index contributed by atoms with van der Waals surface area (Å²) >= 11 is 0. The number of nitrogens with zero attached hydrogens (tertiary/aromatic N) is 4.